The van der Waals surface area contributed by atoms with Crippen LogP contribution in [0.15, 0.2) is 24.3 Å². The molecule has 8 nitrogen and oxygen atoms in total. The van der Waals surface area contributed by atoms with Gasteiger partial charge in [0.1, 0.15) is 5.82 Å². The molecule has 2 aromatic rings. The molecule has 2 amide bonds. The van der Waals surface area contributed by atoms with Crippen LogP contribution in [0.1, 0.15) is 25.1 Å². The van der Waals surface area contributed by atoms with Gasteiger partial charge in [-0.25, -0.2) is 4.98 Å². The number of piperidine rings is 1. The summed E-state index contributed by atoms with van der Waals surface area (Å²) < 4.78 is 0. The van der Waals surface area contributed by atoms with Gasteiger partial charge in [-0.1, -0.05) is 0 Å². The van der Waals surface area contributed by atoms with Crippen molar-refractivity contribution < 1.29 is 9.59 Å². The minimum absolute atomic E-state index is 0.0482. The molecule has 2 heterocycles. The third-order valence-corrected chi connectivity index (χ3v) is 3.91. The first-order valence-corrected chi connectivity index (χ1v) is 7.95. The standard InChI is InChI=1S/C16H20N6O2/c17-9-13-19-16(21-20-13)11-4-6-12(7-5-11)18-14(23)10-22-8-2-1-3-15(22)24/h4-7H,1-3,8-10,17H2,(H,18,23)(H,19,20,21). The van der Waals surface area contributed by atoms with Gasteiger partial charge < -0.3 is 16.0 Å². The number of nitrogens with zero attached hydrogens (tertiary/aromatic N) is 3. The molecule has 8 heteroatoms. The molecule has 1 aliphatic heterocycles. The van der Waals surface area contributed by atoms with Gasteiger partial charge in [0.25, 0.3) is 0 Å². The number of nitrogens with two attached hydrogens (primary N) is 1. The van der Waals surface area contributed by atoms with E-state index >= 15 is 0 Å². The molecule has 0 unspecified atom stereocenters. The molecule has 1 saturated heterocycles. The molecule has 0 bridgehead atoms. The molecular weight excluding hydrogens is 308 g/mol. The maximum Gasteiger partial charge on any atom is 0.243 e. The molecule has 1 aromatic heterocycles. The van der Waals surface area contributed by atoms with Gasteiger partial charge in [-0.15, -0.1) is 0 Å². The molecule has 4 N–H and O–H groups in total. The first kappa shape index (κ1) is 16.1. The molecule has 0 saturated carbocycles. The average Bonchev–Trinajstić information content (AvgIpc) is 3.07. The zero-order valence-corrected chi connectivity index (χ0v) is 13.3. The molecule has 1 fully saturated rings. The number of likely N-dealkylation sites (tertiary alicyclic amines) is 1. The number of carbonyl (C=O) groups excluding carboxylic acids is 2. The minimum Gasteiger partial charge on any atom is -0.333 e. The van der Waals surface area contributed by atoms with Gasteiger partial charge in [0.2, 0.25) is 11.8 Å². The van der Waals surface area contributed by atoms with Crippen LogP contribution in [-0.4, -0.2) is 45.0 Å². The summed E-state index contributed by atoms with van der Waals surface area (Å²) in [6.45, 7) is 1.05. The Labute approximate surface area is 139 Å². The summed E-state index contributed by atoms with van der Waals surface area (Å²) in [6, 6.07) is 7.21. The van der Waals surface area contributed by atoms with Crippen LogP contribution in [0.4, 0.5) is 5.69 Å². The monoisotopic (exact) mass is 328 g/mol. The number of nitrogens with one attached hydrogen (secondary N) is 2. The van der Waals surface area contributed by atoms with Crippen LogP contribution in [0, 0.1) is 0 Å². The maximum atomic E-state index is 12.1. The second-order valence-electron chi connectivity index (χ2n) is 5.71. The Morgan fingerprint density at radius 2 is 2.08 bits per heavy atom. The zero-order valence-electron chi connectivity index (χ0n) is 13.3. The number of amides is 2. The Kier molecular flexibility index (Phi) is 4.85. The Balaban J connectivity index is 1.59. The molecule has 1 aliphatic rings. The summed E-state index contributed by atoms with van der Waals surface area (Å²) in [4.78, 5) is 29.7. The summed E-state index contributed by atoms with van der Waals surface area (Å²) in [6.07, 6.45) is 2.39. The second-order valence-corrected chi connectivity index (χ2v) is 5.71. The van der Waals surface area contributed by atoms with Crippen molar-refractivity contribution in [3.63, 3.8) is 0 Å². The molecule has 0 radical (unpaired) electrons. The number of carbonyl (C=O) groups is 2. The lowest BCUT2D eigenvalue weighted by atomic mass is 10.1. The predicted octanol–water partition coefficient (Wildman–Crippen LogP) is 0.881. The first-order chi connectivity index (χ1) is 11.7. The average molecular weight is 328 g/mol. The molecule has 1 aromatic carbocycles. The summed E-state index contributed by atoms with van der Waals surface area (Å²) in [5, 5.41) is 9.65. The van der Waals surface area contributed by atoms with Gasteiger partial charge in [-0.05, 0) is 37.1 Å². The van der Waals surface area contributed by atoms with Crippen LogP contribution in [0.2, 0.25) is 0 Å². The molecule has 126 valence electrons. The number of H-pyrrole nitrogens is 1. The van der Waals surface area contributed by atoms with Gasteiger partial charge in [0.05, 0.1) is 13.1 Å². The SMILES string of the molecule is NCc1nc(-c2ccc(NC(=O)CN3CCCCC3=O)cc2)n[nH]1. The number of aromatic amines is 1. The van der Waals surface area contributed by atoms with Crippen LogP contribution in [-0.2, 0) is 16.1 Å². The molecule has 0 spiro atoms. The van der Waals surface area contributed by atoms with Crippen LogP contribution in [0.3, 0.4) is 0 Å². The number of benzene rings is 1. The highest BCUT2D eigenvalue weighted by Gasteiger charge is 2.20. The fourth-order valence-electron chi connectivity index (χ4n) is 2.62. The van der Waals surface area contributed by atoms with E-state index in [1.165, 1.54) is 0 Å². The van der Waals surface area contributed by atoms with Gasteiger partial charge in [-0.2, -0.15) is 5.10 Å². The highest BCUT2D eigenvalue weighted by molar-refractivity contribution is 5.94. The van der Waals surface area contributed by atoms with Crippen LogP contribution in [0.25, 0.3) is 11.4 Å². The van der Waals surface area contributed by atoms with Crippen molar-refractivity contribution in [2.75, 3.05) is 18.4 Å². The van der Waals surface area contributed by atoms with Crippen molar-refractivity contribution in [2.24, 2.45) is 5.73 Å². The van der Waals surface area contributed by atoms with E-state index in [9.17, 15) is 9.59 Å². The number of hydrogen-bond donors (Lipinski definition) is 3. The van der Waals surface area contributed by atoms with Crippen molar-refractivity contribution in [3.8, 4) is 11.4 Å². The van der Waals surface area contributed by atoms with Gasteiger partial charge >= 0.3 is 0 Å². The molecule has 0 aliphatic carbocycles. The molecule has 0 atom stereocenters. The molecular formula is C16H20N6O2. The fraction of sp³-hybridized carbons (Fsp3) is 0.375. The van der Waals surface area contributed by atoms with E-state index < -0.39 is 0 Å². The summed E-state index contributed by atoms with van der Waals surface area (Å²) >= 11 is 0. The molecule has 3 rings (SSSR count). The van der Waals surface area contributed by atoms with Gasteiger partial charge in [0, 0.05) is 24.2 Å². The lowest BCUT2D eigenvalue weighted by molar-refractivity contribution is -0.136. The van der Waals surface area contributed by atoms with Crippen LogP contribution in [0.5, 0.6) is 0 Å². The van der Waals surface area contributed by atoms with E-state index in [2.05, 4.69) is 20.5 Å². The number of aromatic nitrogens is 3. The minimum atomic E-state index is -0.193. The maximum absolute atomic E-state index is 12.1. The van der Waals surface area contributed by atoms with Crippen LogP contribution >= 0.6 is 0 Å². The van der Waals surface area contributed by atoms with Crippen molar-refractivity contribution in [1.82, 2.24) is 20.1 Å². The lowest BCUT2D eigenvalue weighted by Crippen LogP contribution is -2.40. The number of rotatable bonds is 5. The third kappa shape index (κ3) is 3.77. The van der Waals surface area contributed by atoms with E-state index in [-0.39, 0.29) is 18.4 Å². The Morgan fingerprint density at radius 3 is 2.75 bits per heavy atom. The van der Waals surface area contributed by atoms with Gasteiger partial charge in [0.15, 0.2) is 5.82 Å². The number of hydrogen-bond acceptors (Lipinski definition) is 5. The van der Waals surface area contributed by atoms with E-state index in [0.717, 1.165) is 18.4 Å². The van der Waals surface area contributed by atoms with E-state index in [0.29, 0.717) is 36.8 Å². The van der Waals surface area contributed by atoms with E-state index in [1.807, 2.05) is 12.1 Å². The van der Waals surface area contributed by atoms with Crippen molar-refractivity contribution >= 4 is 17.5 Å². The summed E-state index contributed by atoms with van der Waals surface area (Å²) in [7, 11) is 0. The van der Waals surface area contributed by atoms with Crippen molar-refractivity contribution in [3.05, 3.63) is 30.1 Å². The Hall–Kier alpha value is -2.74. The summed E-state index contributed by atoms with van der Waals surface area (Å²) in [5.74, 6) is 1.04. The van der Waals surface area contributed by atoms with Crippen molar-refractivity contribution in [2.45, 2.75) is 25.8 Å². The Morgan fingerprint density at radius 1 is 1.29 bits per heavy atom. The second kappa shape index (κ2) is 7.22. The highest BCUT2D eigenvalue weighted by Crippen LogP contribution is 2.18. The fourth-order valence-corrected chi connectivity index (χ4v) is 2.62. The topological polar surface area (TPSA) is 117 Å². The first-order valence-electron chi connectivity index (χ1n) is 7.95. The predicted molar refractivity (Wildman–Crippen MR) is 88.8 cm³/mol. The zero-order chi connectivity index (χ0) is 16.9. The van der Waals surface area contributed by atoms with E-state index in [1.54, 1.807) is 17.0 Å². The Bertz CT molecular complexity index is 724. The number of anilines is 1. The van der Waals surface area contributed by atoms with Crippen LogP contribution < -0.4 is 11.1 Å². The normalized spacial score (nSPS) is 14.7. The van der Waals surface area contributed by atoms with Gasteiger partial charge in [-0.3, -0.25) is 14.7 Å². The lowest BCUT2D eigenvalue weighted by Gasteiger charge is -2.25. The van der Waals surface area contributed by atoms with E-state index in [4.69, 9.17) is 5.73 Å². The third-order valence-electron chi connectivity index (χ3n) is 3.91. The summed E-state index contributed by atoms with van der Waals surface area (Å²) in [5.41, 5.74) is 7.00. The highest BCUT2D eigenvalue weighted by atomic mass is 16.2. The molecule has 24 heavy (non-hydrogen) atoms. The van der Waals surface area contributed by atoms with Crippen molar-refractivity contribution in [1.29, 1.82) is 0 Å². The smallest absolute Gasteiger partial charge is 0.243 e. The quantitative estimate of drug-likeness (QED) is 0.753. The largest absolute Gasteiger partial charge is 0.333 e.